The number of thiol groups is 1. The van der Waals surface area contributed by atoms with Crippen LogP contribution in [-0.2, 0) is 11.8 Å². The monoisotopic (exact) mass is 386 g/mol. The van der Waals surface area contributed by atoms with Crippen LogP contribution in [-0.4, -0.2) is 9.79 Å². The Balaban J connectivity index is 0.000000144. The minimum atomic E-state index is -3.11. The van der Waals surface area contributed by atoms with Crippen molar-refractivity contribution in [3.63, 3.8) is 0 Å². The zero-order valence-corrected chi connectivity index (χ0v) is 16.0. The summed E-state index contributed by atoms with van der Waals surface area (Å²) in [6.45, 7) is 0. The standard InChI is InChI=1S/2C10H8.H3O2PS2/c2*1-2-6-10-8-4-3-7-9(10)5-1;1-3(2,4)5/h2*1-8H;(H3,1,2,4,5). The van der Waals surface area contributed by atoms with Gasteiger partial charge in [-0.1, -0.05) is 109 Å². The van der Waals surface area contributed by atoms with Crippen molar-refractivity contribution in [2.75, 3.05) is 0 Å². The molecule has 0 saturated heterocycles. The molecule has 0 unspecified atom stereocenters. The second-order valence-electron chi connectivity index (χ2n) is 5.21. The van der Waals surface area contributed by atoms with Crippen molar-refractivity contribution < 1.29 is 9.79 Å². The van der Waals surface area contributed by atoms with Crippen LogP contribution in [0.15, 0.2) is 97.1 Å². The van der Waals surface area contributed by atoms with E-state index in [1.165, 1.54) is 21.5 Å². The third kappa shape index (κ3) is 7.82. The quantitative estimate of drug-likeness (QED) is 0.264. The van der Waals surface area contributed by atoms with Crippen LogP contribution >= 0.6 is 17.9 Å². The maximum Gasteiger partial charge on any atom is 0.239 e. The minimum absolute atomic E-state index is 1.31. The van der Waals surface area contributed by atoms with Crippen LogP contribution in [0, 0.1) is 0 Å². The van der Waals surface area contributed by atoms with E-state index in [0.29, 0.717) is 0 Å². The molecule has 128 valence electrons. The molecule has 0 fully saturated rings. The SMILES string of the molecule is OP(O)(=S)S.c1ccc2ccccc2c1.c1ccc2ccccc2c1. The molecule has 2 N–H and O–H groups in total. The summed E-state index contributed by atoms with van der Waals surface area (Å²) in [7, 11) is 0. The van der Waals surface area contributed by atoms with E-state index < -0.39 is 5.69 Å². The van der Waals surface area contributed by atoms with E-state index in [-0.39, 0.29) is 0 Å². The van der Waals surface area contributed by atoms with Gasteiger partial charge in [-0.3, -0.25) is 0 Å². The van der Waals surface area contributed by atoms with E-state index in [4.69, 9.17) is 9.79 Å². The molecule has 0 aliphatic heterocycles. The zero-order valence-electron chi connectivity index (χ0n) is 13.4. The summed E-state index contributed by atoms with van der Waals surface area (Å²) < 4.78 is 0. The lowest BCUT2D eigenvalue weighted by Gasteiger charge is -1.92. The summed E-state index contributed by atoms with van der Waals surface area (Å²) in [4.78, 5) is 15.7. The van der Waals surface area contributed by atoms with E-state index >= 15 is 0 Å². The van der Waals surface area contributed by atoms with Crippen molar-refractivity contribution in [3.05, 3.63) is 97.1 Å². The molecule has 4 rings (SSSR count). The molecule has 0 bridgehead atoms. The summed E-state index contributed by atoms with van der Waals surface area (Å²) in [6, 6.07) is 33.4. The van der Waals surface area contributed by atoms with E-state index in [1.54, 1.807) is 0 Å². The van der Waals surface area contributed by atoms with E-state index in [0.717, 1.165) is 0 Å². The van der Waals surface area contributed by atoms with E-state index in [2.05, 4.69) is 121 Å². The van der Waals surface area contributed by atoms with Crippen LogP contribution < -0.4 is 0 Å². The molecule has 0 aliphatic rings. The summed E-state index contributed by atoms with van der Waals surface area (Å²) in [5.74, 6) is 0. The first-order valence-corrected chi connectivity index (χ1v) is 11.5. The Bertz CT molecular complexity index is 773. The molecule has 0 amide bonds. The largest absolute Gasteiger partial charge is 0.338 e. The number of hydrogen-bond acceptors (Lipinski definition) is 1. The molecule has 0 radical (unpaired) electrons. The van der Waals surface area contributed by atoms with Gasteiger partial charge < -0.3 is 9.79 Å². The predicted octanol–water partition coefficient (Wildman–Crippen LogP) is 5.80. The molecule has 4 aromatic rings. The van der Waals surface area contributed by atoms with Gasteiger partial charge in [-0.05, 0) is 33.4 Å². The molecule has 0 atom stereocenters. The average Bonchev–Trinajstić information content (AvgIpc) is 2.61. The highest BCUT2D eigenvalue weighted by Gasteiger charge is 1.90. The average molecular weight is 386 g/mol. The Morgan fingerprint density at radius 2 is 0.640 bits per heavy atom. The van der Waals surface area contributed by atoms with Crippen LogP contribution in [0.3, 0.4) is 0 Å². The Kier molecular flexibility index (Phi) is 7.63. The van der Waals surface area contributed by atoms with Crippen LogP contribution in [0.2, 0.25) is 0 Å². The number of rotatable bonds is 0. The predicted molar refractivity (Wildman–Crippen MR) is 116 cm³/mol. The first kappa shape index (κ1) is 19.6. The Labute approximate surface area is 158 Å². The molecule has 0 aliphatic carbocycles. The van der Waals surface area contributed by atoms with Crippen LogP contribution in [0.1, 0.15) is 0 Å². The highest BCUT2D eigenvalue weighted by Crippen LogP contribution is 2.39. The topological polar surface area (TPSA) is 40.5 Å². The lowest BCUT2D eigenvalue weighted by molar-refractivity contribution is 0.503. The summed E-state index contributed by atoms with van der Waals surface area (Å²) in [5.41, 5.74) is -3.11. The molecule has 2 nitrogen and oxygen atoms in total. The zero-order chi connectivity index (χ0) is 18.1. The third-order valence-electron chi connectivity index (χ3n) is 3.32. The van der Waals surface area contributed by atoms with Crippen molar-refractivity contribution >= 4 is 51.3 Å². The van der Waals surface area contributed by atoms with Gasteiger partial charge in [-0.15, -0.1) is 0 Å². The highest BCUT2D eigenvalue weighted by molar-refractivity contribution is 8.59. The fourth-order valence-corrected chi connectivity index (χ4v) is 2.27. The van der Waals surface area contributed by atoms with E-state index in [9.17, 15) is 0 Å². The third-order valence-corrected chi connectivity index (χ3v) is 3.32. The fourth-order valence-electron chi connectivity index (χ4n) is 2.27. The summed E-state index contributed by atoms with van der Waals surface area (Å²) >= 11 is 7.07. The van der Waals surface area contributed by atoms with Crippen LogP contribution in [0.25, 0.3) is 21.5 Å². The summed E-state index contributed by atoms with van der Waals surface area (Å²) in [6.07, 6.45) is 0. The number of benzene rings is 4. The highest BCUT2D eigenvalue weighted by atomic mass is 32.9. The van der Waals surface area contributed by atoms with Gasteiger partial charge in [-0.25, -0.2) is 0 Å². The molecule has 0 saturated carbocycles. The van der Waals surface area contributed by atoms with Crippen molar-refractivity contribution in [2.24, 2.45) is 0 Å². The molecule has 5 heteroatoms. The van der Waals surface area contributed by atoms with Crippen molar-refractivity contribution in [1.82, 2.24) is 0 Å². The van der Waals surface area contributed by atoms with Gasteiger partial charge in [0.05, 0.1) is 0 Å². The molecule has 25 heavy (non-hydrogen) atoms. The van der Waals surface area contributed by atoms with Gasteiger partial charge in [-0.2, -0.15) is 0 Å². The number of hydrogen-bond donors (Lipinski definition) is 3. The van der Waals surface area contributed by atoms with Gasteiger partial charge in [0.2, 0.25) is 5.69 Å². The van der Waals surface area contributed by atoms with Crippen LogP contribution in [0.4, 0.5) is 0 Å². The maximum absolute atomic E-state index is 7.87. The van der Waals surface area contributed by atoms with Crippen molar-refractivity contribution in [1.29, 1.82) is 0 Å². The Morgan fingerprint density at radius 1 is 0.520 bits per heavy atom. The van der Waals surface area contributed by atoms with Gasteiger partial charge >= 0.3 is 0 Å². The second-order valence-corrected chi connectivity index (χ2v) is 10.2. The lowest BCUT2D eigenvalue weighted by Crippen LogP contribution is -1.67. The Hall–Kier alpha value is -1.68. The molecular weight excluding hydrogens is 367 g/mol. The normalized spacial score (nSPS) is 10.4. The first-order valence-electron chi connectivity index (χ1n) is 7.59. The first-order chi connectivity index (χ1) is 11.9. The van der Waals surface area contributed by atoms with Crippen molar-refractivity contribution in [2.45, 2.75) is 0 Å². The van der Waals surface area contributed by atoms with Gasteiger partial charge in [0.25, 0.3) is 0 Å². The minimum Gasteiger partial charge on any atom is -0.338 e. The molecule has 4 aromatic carbocycles. The second kappa shape index (κ2) is 9.71. The maximum atomic E-state index is 7.87. The van der Waals surface area contributed by atoms with Gasteiger partial charge in [0.15, 0.2) is 0 Å². The smallest absolute Gasteiger partial charge is 0.239 e. The molecule has 0 aromatic heterocycles. The van der Waals surface area contributed by atoms with Gasteiger partial charge in [0, 0.05) is 0 Å². The van der Waals surface area contributed by atoms with E-state index in [1.807, 2.05) is 0 Å². The van der Waals surface area contributed by atoms with Gasteiger partial charge in [0.1, 0.15) is 0 Å². The summed E-state index contributed by atoms with van der Waals surface area (Å²) in [5, 5.41) is 5.24. The van der Waals surface area contributed by atoms with Crippen LogP contribution in [0.5, 0.6) is 0 Å². The van der Waals surface area contributed by atoms with Crippen molar-refractivity contribution in [3.8, 4) is 0 Å². The molecule has 0 heterocycles. The fraction of sp³-hybridized carbons (Fsp3) is 0. The molecular formula is C20H19O2PS2. The molecule has 0 spiro atoms. The lowest BCUT2D eigenvalue weighted by atomic mass is 10.1. The Morgan fingerprint density at radius 3 is 0.760 bits per heavy atom. The number of fused-ring (bicyclic) bond motifs is 2.